The van der Waals surface area contributed by atoms with Crippen LogP contribution in [0.2, 0.25) is 0 Å². The molecular weight excluding hydrogens is 384 g/mol. The molecule has 2 fully saturated rings. The van der Waals surface area contributed by atoms with Gasteiger partial charge in [0.15, 0.2) is 0 Å². The fraction of sp³-hybridized carbons (Fsp3) is 0.462. The summed E-state index contributed by atoms with van der Waals surface area (Å²) in [5.74, 6) is 0.784. The molecule has 2 aromatic heterocycles. The molecule has 1 saturated carbocycles. The van der Waals surface area contributed by atoms with Crippen molar-refractivity contribution < 1.29 is 0 Å². The molecule has 1 aromatic carbocycles. The molecule has 2 aliphatic rings. The molecule has 0 spiro atoms. The molecule has 0 radical (unpaired) electrons. The minimum Gasteiger partial charge on any atom is -0.372 e. The standard InChI is InChI=1S/C26H32N4O/c31-26-15-10-20-19-27-25(18-24(20)30(26)23-8-4-1-2-5-9-23)28-21-11-13-22(14-12-21)29-16-6-3-7-17-29/h10-15,18-19,23H,1-9,16-17H2,(H,27,28). The van der Waals surface area contributed by atoms with E-state index in [2.05, 4.69) is 39.5 Å². The SMILES string of the molecule is O=c1ccc2cnc(Nc3ccc(N4CCCCC4)cc3)cc2n1C1CCCCCC1. The summed E-state index contributed by atoms with van der Waals surface area (Å²) in [4.78, 5) is 19.9. The van der Waals surface area contributed by atoms with Crippen LogP contribution in [-0.2, 0) is 0 Å². The van der Waals surface area contributed by atoms with E-state index in [-0.39, 0.29) is 11.6 Å². The van der Waals surface area contributed by atoms with Crippen molar-refractivity contribution in [3.63, 3.8) is 0 Å². The predicted octanol–water partition coefficient (Wildman–Crippen LogP) is 6.03. The number of piperidine rings is 1. The number of hydrogen-bond acceptors (Lipinski definition) is 4. The molecular formula is C26H32N4O. The molecule has 0 unspecified atom stereocenters. The van der Waals surface area contributed by atoms with Crippen LogP contribution in [0.3, 0.4) is 0 Å². The number of hydrogen-bond donors (Lipinski definition) is 1. The van der Waals surface area contributed by atoms with Gasteiger partial charge in [0.05, 0.1) is 5.52 Å². The summed E-state index contributed by atoms with van der Waals surface area (Å²) in [6.45, 7) is 2.30. The van der Waals surface area contributed by atoms with E-state index in [0.717, 1.165) is 48.3 Å². The van der Waals surface area contributed by atoms with Crippen LogP contribution < -0.4 is 15.8 Å². The summed E-state index contributed by atoms with van der Waals surface area (Å²) in [6.07, 6.45) is 12.9. The summed E-state index contributed by atoms with van der Waals surface area (Å²) in [6, 6.07) is 14.6. The lowest BCUT2D eigenvalue weighted by atomic mass is 10.1. The third-order valence-corrected chi connectivity index (χ3v) is 6.87. The first-order chi connectivity index (χ1) is 15.3. The molecule has 1 saturated heterocycles. The second-order valence-corrected chi connectivity index (χ2v) is 9.03. The smallest absolute Gasteiger partial charge is 0.251 e. The third kappa shape index (κ3) is 4.46. The first-order valence-corrected chi connectivity index (χ1v) is 11.9. The van der Waals surface area contributed by atoms with E-state index in [4.69, 9.17) is 0 Å². The van der Waals surface area contributed by atoms with Gasteiger partial charge in [-0.05, 0) is 62.4 Å². The molecule has 0 amide bonds. The zero-order chi connectivity index (χ0) is 21.0. The maximum absolute atomic E-state index is 12.8. The molecule has 31 heavy (non-hydrogen) atoms. The first-order valence-electron chi connectivity index (χ1n) is 11.9. The van der Waals surface area contributed by atoms with Crippen LogP contribution >= 0.6 is 0 Å². The Kier molecular flexibility index (Phi) is 5.92. The molecule has 1 N–H and O–H groups in total. The Balaban J connectivity index is 1.41. The number of rotatable bonds is 4. The predicted molar refractivity (Wildman–Crippen MR) is 129 cm³/mol. The fourth-order valence-corrected chi connectivity index (χ4v) is 5.17. The minimum atomic E-state index is 0.0995. The average molecular weight is 417 g/mol. The number of benzene rings is 1. The van der Waals surface area contributed by atoms with Gasteiger partial charge in [-0.15, -0.1) is 0 Å². The Labute approximate surface area is 184 Å². The zero-order valence-corrected chi connectivity index (χ0v) is 18.2. The van der Waals surface area contributed by atoms with Gasteiger partial charge in [-0.1, -0.05) is 25.7 Å². The minimum absolute atomic E-state index is 0.0995. The van der Waals surface area contributed by atoms with Crippen molar-refractivity contribution in [2.75, 3.05) is 23.3 Å². The highest BCUT2D eigenvalue weighted by Crippen LogP contribution is 2.30. The zero-order valence-electron chi connectivity index (χ0n) is 18.2. The van der Waals surface area contributed by atoms with Crippen molar-refractivity contribution in [1.29, 1.82) is 0 Å². The van der Waals surface area contributed by atoms with Gasteiger partial charge in [0, 0.05) is 54.2 Å². The van der Waals surface area contributed by atoms with Crippen LogP contribution in [0, 0.1) is 0 Å². The summed E-state index contributed by atoms with van der Waals surface area (Å²) in [5.41, 5.74) is 3.40. The maximum Gasteiger partial charge on any atom is 0.251 e. The maximum atomic E-state index is 12.8. The van der Waals surface area contributed by atoms with E-state index in [1.165, 1.54) is 50.6 Å². The Hall–Kier alpha value is -2.82. The quantitative estimate of drug-likeness (QED) is 0.528. The summed E-state index contributed by atoms with van der Waals surface area (Å²) in [7, 11) is 0. The highest BCUT2D eigenvalue weighted by atomic mass is 16.1. The van der Waals surface area contributed by atoms with Gasteiger partial charge in [-0.2, -0.15) is 0 Å². The second-order valence-electron chi connectivity index (χ2n) is 9.03. The van der Waals surface area contributed by atoms with Crippen molar-refractivity contribution in [3.05, 3.63) is 59.0 Å². The molecule has 3 aromatic rings. The van der Waals surface area contributed by atoms with Gasteiger partial charge in [0.1, 0.15) is 5.82 Å². The van der Waals surface area contributed by atoms with Crippen molar-refractivity contribution in [2.45, 2.75) is 63.8 Å². The molecule has 5 rings (SSSR count). The van der Waals surface area contributed by atoms with Gasteiger partial charge >= 0.3 is 0 Å². The van der Waals surface area contributed by atoms with Gasteiger partial charge in [-0.25, -0.2) is 4.98 Å². The van der Waals surface area contributed by atoms with Crippen molar-refractivity contribution in [1.82, 2.24) is 9.55 Å². The molecule has 5 nitrogen and oxygen atoms in total. The van der Waals surface area contributed by atoms with Crippen LogP contribution in [0.15, 0.2) is 53.5 Å². The first kappa shape index (κ1) is 20.1. The average Bonchev–Trinajstić information content (AvgIpc) is 3.09. The van der Waals surface area contributed by atoms with Crippen molar-refractivity contribution in [2.24, 2.45) is 0 Å². The fourth-order valence-electron chi connectivity index (χ4n) is 5.17. The Morgan fingerprint density at radius 2 is 1.55 bits per heavy atom. The van der Waals surface area contributed by atoms with E-state index in [1.807, 2.05) is 22.9 Å². The molecule has 162 valence electrons. The molecule has 0 bridgehead atoms. The Bertz CT molecular complexity index is 1070. The lowest BCUT2D eigenvalue weighted by molar-refractivity contribution is 0.445. The molecule has 0 atom stereocenters. The molecule has 1 aliphatic carbocycles. The van der Waals surface area contributed by atoms with E-state index in [0.29, 0.717) is 0 Å². The monoisotopic (exact) mass is 416 g/mol. The number of fused-ring (bicyclic) bond motifs is 1. The largest absolute Gasteiger partial charge is 0.372 e. The number of nitrogens with one attached hydrogen (secondary N) is 1. The highest BCUT2D eigenvalue weighted by molar-refractivity contribution is 5.81. The lowest BCUT2D eigenvalue weighted by Gasteiger charge is -2.28. The molecule has 3 heterocycles. The Morgan fingerprint density at radius 1 is 0.839 bits per heavy atom. The van der Waals surface area contributed by atoms with Crippen LogP contribution in [-0.4, -0.2) is 22.6 Å². The van der Waals surface area contributed by atoms with E-state index >= 15 is 0 Å². The summed E-state index contributed by atoms with van der Waals surface area (Å²) in [5, 5.41) is 4.47. The number of pyridine rings is 2. The van der Waals surface area contributed by atoms with Gasteiger partial charge in [0.25, 0.3) is 5.56 Å². The van der Waals surface area contributed by atoms with Gasteiger partial charge < -0.3 is 14.8 Å². The van der Waals surface area contributed by atoms with Crippen LogP contribution in [0.1, 0.15) is 63.8 Å². The number of nitrogens with zero attached hydrogens (tertiary/aromatic N) is 3. The second kappa shape index (κ2) is 9.13. The normalized spacial score (nSPS) is 18.1. The molecule has 1 aliphatic heterocycles. The summed E-state index contributed by atoms with van der Waals surface area (Å²) < 4.78 is 2.02. The van der Waals surface area contributed by atoms with Crippen molar-refractivity contribution in [3.8, 4) is 0 Å². The van der Waals surface area contributed by atoms with Gasteiger partial charge in [-0.3, -0.25) is 4.79 Å². The van der Waals surface area contributed by atoms with E-state index in [9.17, 15) is 4.79 Å². The summed E-state index contributed by atoms with van der Waals surface area (Å²) >= 11 is 0. The third-order valence-electron chi connectivity index (χ3n) is 6.87. The van der Waals surface area contributed by atoms with Crippen molar-refractivity contribution >= 4 is 28.1 Å². The van der Waals surface area contributed by atoms with E-state index < -0.39 is 0 Å². The van der Waals surface area contributed by atoms with Crippen LogP contribution in [0.5, 0.6) is 0 Å². The number of anilines is 3. The van der Waals surface area contributed by atoms with E-state index in [1.54, 1.807) is 6.07 Å². The lowest BCUT2D eigenvalue weighted by Crippen LogP contribution is -2.29. The van der Waals surface area contributed by atoms with Gasteiger partial charge in [0.2, 0.25) is 0 Å². The topological polar surface area (TPSA) is 50.2 Å². The van der Waals surface area contributed by atoms with Crippen LogP contribution in [0.4, 0.5) is 17.2 Å². The Morgan fingerprint density at radius 3 is 2.29 bits per heavy atom. The molecule has 5 heteroatoms. The highest BCUT2D eigenvalue weighted by Gasteiger charge is 2.18. The number of aromatic nitrogens is 2. The van der Waals surface area contributed by atoms with Crippen LogP contribution in [0.25, 0.3) is 10.9 Å².